The largest absolute Gasteiger partial charge is 0.469 e. The van der Waals surface area contributed by atoms with Crippen LogP contribution in [0.1, 0.15) is 38.5 Å². The fourth-order valence-corrected chi connectivity index (χ4v) is 1.25. The zero-order chi connectivity index (χ0) is 12.2. The Kier molecular flexibility index (Phi) is 14.5. The fraction of sp³-hybridized carbons (Fsp3) is 0.818. The van der Waals surface area contributed by atoms with Crippen LogP contribution in [0.4, 0.5) is 0 Å². The van der Waals surface area contributed by atoms with E-state index in [9.17, 15) is 9.59 Å². The lowest BCUT2D eigenvalue weighted by molar-refractivity contribution is -0.140. The number of esters is 1. The molecular weight excluding hydrogens is 244 g/mol. The average Bonchev–Trinajstić information content (AvgIpc) is 2.30. The summed E-state index contributed by atoms with van der Waals surface area (Å²) >= 11 is 0. The van der Waals surface area contributed by atoms with Gasteiger partial charge in [0, 0.05) is 19.4 Å². The molecule has 0 aromatic carbocycles. The maximum absolute atomic E-state index is 11.1. The monoisotopic (exact) mass is 266 g/mol. The number of amides is 1. The van der Waals surface area contributed by atoms with Crippen molar-refractivity contribution in [3.8, 4) is 0 Å². The Hall–Kier alpha value is -0.810. The van der Waals surface area contributed by atoms with Crippen LogP contribution >= 0.6 is 12.4 Å². The van der Waals surface area contributed by atoms with E-state index < -0.39 is 0 Å². The SMILES string of the molecule is COC(=O)CCCCCNC(=O)CCCN.Cl. The molecule has 17 heavy (non-hydrogen) atoms. The lowest BCUT2D eigenvalue weighted by Crippen LogP contribution is -2.24. The van der Waals surface area contributed by atoms with E-state index in [2.05, 4.69) is 10.1 Å². The van der Waals surface area contributed by atoms with E-state index in [-0.39, 0.29) is 24.3 Å². The van der Waals surface area contributed by atoms with Crippen molar-refractivity contribution < 1.29 is 14.3 Å². The Morgan fingerprint density at radius 1 is 1.12 bits per heavy atom. The van der Waals surface area contributed by atoms with Gasteiger partial charge in [0.05, 0.1) is 7.11 Å². The second-order valence-electron chi connectivity index (χ2n) is 3.63. The normalized spacial score (nSPS) is 9.29. The summed E-state index contributed by atoms with van der Waals surface area (Å²) < 4.78 is 4.52. The third-order valence-electron chi connectivity index (χ3n) is 2.22. The van der Waals surface area contributed by atoms with Gasteiger partial charge in [0.2, 0.25) is 5.91 Å². The molecule has 0 aliphatic heterocycles. The number of unbranched alkanes of at least 4 members (excludes halogenated alkanes) is 2. The van der Waals surface area contributed by atoms with E-state index in [0.29, 0.717) is 25.9 Å². The van der Waals surface area contributed by atoms with Gasteiger partial charge in [-0.05, 0) is 25.8 Å². The topological polar surface area (TPSA) is 81.4 Å². The molecule has 0 aliphatic rings. The second-order valence-corrected chi connectivity index (χ2v) is 3.63. The van der Waals surface area contributed by atoms with Gasteiger partial charge in [-0.3, -0.25) is 9.59 Å². The molecule has 0 saturated heterocycles. The van der Waals surface area contributed by atoms with Crippen LogP contribution in [0.25, 0.3) is 0 Å². The molecule has 0 rings (SSSR count). The van der Waals surface area contributed by atoms with Crippen molar-refractivity contribution >= 4 is 24.3 Å². The van der Waals surface area contributed by atoms with Crippen molar-refractivity contribution in [3.05, 3.63) is 0 Å². The van der Waals surface area contributed by atoms with E-state index in [1.807, 2.05) is 0 Å². The Morgan fingerprint density at radius 3 is 2.41 bits per heavy atom. The molecule has 1 amide bonds. The number of methoxy groups -OCH3 is 1. The number of carbonyl (C=O) groups excluding carboxylic acids is 2. The van der Waals surface area contributed by atoms with Gasteiger partial charge in [-0.25, -0.2) is 0 Å². The molecule has 0 saturated carbocycles. The number of hydrogen-bond acceptors (Lipinski definition) is 4. The summed E-state index contributed by atoms with van der Waals surface area (Å²) in [6.07, 6.45) is 4.31. The first-order valence-electron chi connectivity index (χ1n) is 5.74. The highest BCUT2D eigenvalue weighted by Gasteiger charge is 2.01. The highest BCUT2D eigenvalue weighted by atomic mass is 35.5. The summed E-state index contributed by atoms with van der Waals surface area (Å²) in [5.41, 5.74) is 5.29. The van der Waals surface area contributed by atoms with E-state index >= 15 is 0 Å². The first kappa shape index (κ1) is 18.6. The number of hydrogen-bond donors (Lipinski definition) is 2. The van der Waals surface area contributed by atoms with Crippen molar-refractivity contribution in [3.63, 3.8) is 0 Å². The standard InChI is InChI=1S/C11H22N2O3.ClH/c1-16-11(15)7-3-2-4-9-13-10(14)6-5-8-12;/h2-9,12H2,1H3,(H,13,14);1H. The van der Waals surface area contributed by atoms with E-state index in [4.69, 9.17) is 5.73 Å². The minimum atomic E-state index is -0.174. The molecule has 0 bridgehead atoms. The van der Waals surface area contributed by atoms with Crippen molar-refractivity contribution in [1.82, 2.24) is 5.32 Å². The molecule has 3 N–H and O–H groups in total. The summed E-state index contributed by atoms with van der Waals surface area (Å²) in [5.74, 6) is -0.120. The second kappa shape index (κ2) is 13.3. The van der Waals surface area contributed by atoms with Crippen LogP contribution in [0.15, 0.2) is 0 Å². The van der Waals surface area contributed by atoms with Gasteiger partial charge in [-0.15, -0.1) is 12.4 Å². The minimum absolute atomic E-state index is 0. The summed E-state index contributed by atoms with van der Waals surface area (Å²) in [6, 6.07) is 0. The zero-order valence-corrected chi connectivity index (χ0v) is 11.2. The van der Waals surface area contributed by atoms with Crippen molar-refractivity contribution in [2.45, 2.75) is 38.5 Å². The van der Waals surface area contributed by atoms with Crippen LogP contribution in [-0.2, 0) is 14.3 Å². The Labute approximate surface area is 109 Å². The van der Waals surface area contributed by atoms with E-state index in [1.54, 1.807) is 0 Å². The minimum Gasteiger partial charge on any atom is -0.469 e. The van der Waals surface area contributed by atoms with E-state index in [1.165, 1.54) is 7.11 Å². The van der Waals surface area contributed by atoms with Gasteiger partial charge in [-0.2, -0.15) is 0 Å². The van der Waals surface area contributed by atoms with Gasteiger partial charge >= 0.3 is 5.97 Å². The summed E-state index contributed by atoms with van der Waals surface area (Å²) in [5, 5.41) is 2.81. The van der Waals surface area contributed by atoms with Gasteiger partial charge in [-0.1, -0.05) is 6.42 Å². The quantitative estimate of drug-likeness (QED) is 0.482. The summed E-state index contributed by atoms with van der Waals surface area (Å²) in [7, 11) is 1.39. The number of rotatable bonds is 9. The predicted molar refractivity (Wildman–Crippen MR) is 69.0 cm³/mol. The number of nitrogens with two attached hydrogens (primary N) is 1. The highest BCUT2D eigenvalue weighted by molar-refractivity contribution is 5.85. The first-order valence-corrected chi connectivity index (χ1v) is 5.74. The number of halogens is 1. The maximum atomic E-state index is 11.1. The smallest absolute Gasteiger partial charge is 0.305 e. The first-order chi connectivity index (χ1) is 7.70. The van der Waals surface area contributed by atoms with Crippen LogP contribution in [0.3, 0.4) is 0 Å². The van der Waals surface area contributed by atoms with E-state index in [0.717, 1.165) is 25.7 Å². The molecule has 5 nitrogen and oxygen atoms in total. The molecule has 0 radical (unpaired) electrons. The number of carbonyl (C=O) groups is 2. The molecule has 0 spiro atoms. The van der Waals surface area contributed by atoms with Crippen LogP contribution < -0.4 is 11.1 Å². The van der Waals surface area contributed by atoms with Gasteiger partial charge in [0.25, 0.3) is 0 Å². The Morgan fingerprint density at radius 2 is 1.82 bits per heavy atom. The van der Waals surface area contributed by atoms with Crippen LogP contribution in [0, 0.1) is 0 Å². The number of nitrogens with one attached hydrogen (secondary N) is 1. The maximum Gasteiger partial charge on any atom is 0.305 e. The van der Waals surface area contributed by atoms with Crippen LogP contribution in [-0.4, -0.2) is 32.1 Å². The molecule has 102 valence electrons. The molecular formula is C11H23ClN2O3. The molecule has 6 heteroatoms. The molecule has 0 unspecified atom stereocenters. The van der Waals surface area contributed by atoms with Crippen LogP contribution in [0.2, 0.25) is 0 Å². The lowest BCUT2D eigenvalue weighted by Gasteiger charge is -2.04. The summed E-state index contributed by atoms with van der Waals surface area (Å²) in [4.78, 5) is 21.9. The molecule has 0 fully saturated rings. The van der Waals surface area contributed by atoms with Crippen molar-refractivity contribution in [2.24, 2.45) is 5.73 Å². The average molecular weight is 267 g/mol. The van der Waals surface area contributed by atoms with Gasteiger partial charge < -0.3 is 15.8 Å². The molecule has 0 atom stereocenters. The van der Waals surface area contributed by atoms with Crippen molar-refractivity contribution in [1.29, 1.82) is 0 Å². The zero-order valence-electron chi connectivity index (χ0n) is 10.4. The van der Waals surface area contributed by atoms with Crippen LogP contribution in [0.5, 0.6) is 0 Å². The fourth-order valence-electron chi connectivity index (χ4n) is 1.25. The van der Waals surface area contributed by atoms with Gasteiger partial charge in [0.1, 0.15) is 0 Å². The highest BCUT2D eigenvalue weighted by Crippen LogP contribution is 2.00. The third-order valence-corrected chi connectivity index (χ3v) is 2.22. The predicted octanol–water partition coefficient (Wildman–Crippen LogP) is 0.997. The Balaban J connectivity index is 0. The number of ether oxygens (including phenoxy) is 1. The summed E-state index contributed by atoms with van der Waals surface area (Å²) in [6.45, 7) is 1.22. The Bertz CT molecular complexity index is 213. The molecule has 0 aliphatic carbocycles. The molecule has 0 aromatic rings. The lowest BCUT2D eigenvalue weighted by atomic mass is 10.2. The molecule has 0 heterocycles. The van der Waals surface area contributed by atoms with Crippen molar-refractivity contribution in [2.75, 3.05) is 20.2 Å². The molecule has 0 aromatic heterocycles. The van der Waals surface area contributed by atoms with Gasteiger partial charge in [0.15, 0.2) is 0 Å². The third kappa shape index (κ3) is 13.1.